The smallest absolute Gasteiger partial charge is 0.294 e. The molecule has 0 radical (unpaired) electrons. The van der Waals surface area contributed by atoms with Crippen LogP contribution in [0.4, 0.5) is 17.1 Å². The van der Waals surface area contributed by atoms with Crippen molar-refractivity contribution < 1.29 is 23.5 Å². The molecule has 2 aromatic heterocycles. The van der Waals surface area contributed by atoms with E-state index in [0.29, 0.717) is 11.4 Å². The second kappa shape index (κ2) is 7.96. The molecule has 1 amide bonds. The quantitative estimate of drug-likeness (QED) is 0.401. The molecule has 32 heavy (non-hydrogen) atoms. The SMILES string of the molecule is O=C(C1=C(O)C(=O)N(c2ccc(Nc3ccccc3)cc2)C1c1ccco1)c1ccco1. The first kappa shape index (κ1) is 19.4. The number of benzene rings is 2. The Bertz CT molecular complexity index is 1270. The van der Waals surface area contributed by atoms with Crippen LogP contribution in [0.2, 0.25) is 0 Å². The number of aliphatic hydroxyl groups is 1. The summed E-state index contributed by atoms with van der Waals surface area (Å²) >= 11 is 0. The van der Waals surface area contributed by atoms with Crippen LogP contribution >= 0.6 is 0 Å². The van der Waals surface area contributed by atoms with Crippen LogP contribution in [0.3, 0.4) is 0 Å². The van der Waals surface area contributed by atoms with Crippen molar-refractivity contribution in [3.63, 3.8) is 0 Å². The molecule has 0 aliphatic carbocycles. The van der Waals surface area contributed by atoms with E-state index in [9.17, 15) is 14.7 Å². The normalized spacial score (nSPS) is 15.9. The van der Waals surface area contributed by atoms with Gasteiger partial charge in [-0.15, -0.1) is 0 Å². The average molecular weight is 426 g/mol. The van der Waals surface area contributed by atoms with Gasteiger partial charge in [0.15, 0.2) is 11.5 Å². The number of anilines is 3. The minimum absolute atomic E-state index is 0.0279. The molecule has 1 aliphatic rings. The fraction of sp³-hybridized carbons (Fsp3) is 0.0400. The van der Waals surface area contributed by atoms with Gasteiger partial charge in [-0.1, -0.05) is 18.2 Å². The van der Waals surface area contributed by atoms with Crippen molar-refractivity contribution in [3.05, 3.63) is 114 Å². The van der Waals surface area contributed by atoms with Crippen LogP contribution in [0.1, 0.15) is 22.4 Å². The molecule has 1 aliphatic heterocycles. The predicted octanol–water partition coefficient (Wildman–Crippen LogP) is 5.40. The maximum absolute atomic E-state index is 13.1. The van der Waals surface area contributed by atoms with E-state index in [4.69, 9.17) is 8.83 Å². The van der Waals surface area contributed by atoms with Gasteiger partial charge in [-0.25, -0.2) is 0 Å². The number of para-hydroxylation sites is 1. The lowest BCUT2D eigenvalue weighted by Gasteiger charge is -2.25. The molecule has 2 N–H and O–H groups in total. The lowest BCUT2D eigenvalue weighted by atomic mass is 9.99. The Morgan fingerprint density at radius 2 is 1.53 bits per heavy atom. The van der Waals surface area contributed by atoms with Crippen molar-refractivity contribution >= 4 is 28.8 Å². The number of nitrogens with one attached hydrogen (secondary N) is 1. The monoisotopic (exact) mass is 426 g/mol. The summed E-state index contributed by atoms with van der Waals surface area (Å²) in [7, 11) is 0. The molecule has 1 unspecified atom stereocenters. The Labute approximate surface area is 183 Å². The van der Waals surface area contributed by atoms with Gasteiger partial charge in [-0.2, -0.15) is 0 Å². The molecule has 0 spiro atoms. The lowest BCUT2D eigenvalue weighted by Crippen LogP contribution is -2.30. The molecule has 5 rings (SSSR count). The summed E-state index contributed by atoms with van der Waals surface area (Å²) in [5.74, 6) is -1.51. The highest BCUT2D eigenvalue weighted by Crippen LogP contribution is 2.42. The second-order valence-corrected chi connectivity index (χ2v) is 7.20. The number of Topliss-reactive ketones (excluding diaryl/α,β-unsaturated/α-hetero) is 1. The van der Waals surface area contributed by atoms with Crippen LogP contribution in [0.5, 0.6) is 0 Å². The maximum atomic E-state index is 13.1. The van der Waals surface area contributed by atoms with Gasteiger partial charge in [-0.05, 0) is 60.7 Å². The zero-order chi connectivity index (χ0) is 22.1. The summed E-state index contributed by atoms with van der Waals surface area (Å²) in [4.78, 5) is 27.5. The fourth-order valence-electron chi connectivity index (χ4n) is 3.75. The molecule has 2 aromatic carbocycles. The van der Waals surface area contributed by atoms with E-state index >= 15 is 0 Å². The number of furan rings is 2. The van der Waals surface area contributed by atoms with Crippen LogP contribution in [0.25, 0.3) is 0 Å². The van der Waals surface area contributed by atoms with Gasteiger partial charge >= 0.3 is 0 Å². The van der Waals surface area contributed by atoms with Crippen LogP contribution in [-0.4, -0.2) is 16.8 Å². The van der Waals surface area contributed by atoms with Gasteiger partial charge in [0.25, 0.3) is 5.91 Å². The molecule has 4 aromatic rings. The molecule has 158 valence electrons. The number of hydrogen-bond acceptors (Lipinski definition) is 6. The number of carbonyl (C=O) groups excluding carboxylic acids is 2. The Balaban J connectivity index is 1.50. The third kappa shape index (κ3) is 3.35. The number of amides is 1. The Morgan fingerprint density at radius 1 is 0.844 bits per heavy atom. The summed E-state index contributed by atoms with van der Waals surface area (Å²) in [5, 5.41) is 13.9. The van der Waals surface area contributed by atoms with Gasteiger partial charge in [-0.3, -0.25) is 14.5 Å². The first-order valence-electron chi connectivity index (χ1n) is 9.94. The van der Waals surface area contributed by atoms with E-state index in [0.717, 1.165) is 11.4 Å². The number of hydrogen-bond donors (Lipinski definition) is 2. The van der Waals surface area contributed by atoms with Crippen molar-refractivity contribution in [2.45, 2.75) is 6.04 Å². The number of rotatable bonds is 6. The van der Waals surface area contributed by atoms with Gasteiger partial charge in [0.2, 0.25) is 5.78 Å². The fourth-order valence-corrected chi connectivity index (χ4v) is 3.75. The first-order valence-corrected chi connectivity index (χ1v) is 9.94. The molecule has 3 heterocycles. The van der Waals surface area contributed by atoms with Crippen molar-refractivity contribution in [3.8, 4) is 0 Å². The highest BCUT2D eigenvalue weighted by Gasteiger charge is 2.46. The van der Waals surface area contributed by atoms with Crippen LogP contribution < -0.4 is 10.2 Å². The van der Waals surface area contributed by atoms with Gasteiger partial charge in [0, 0.05) is 17.1 Å². The Kier molecular flexibility index (Phi) is 4.84. The minimum Gasteiger partial charge on any atom is -0.503 e. The van der Waals surface area contributed by atoms with E-state index in [2.05, 4.69) is 5.32 Å². The van der Waals surface area contributed by atoms with E-state index < -0.39 is 23.5 Å². The molecule has 0 fully saturated rings. The highest BCUT2D eigenvalue weighted by molar-refractivity contribution is 6.20. The zero-order valence-electron chi connectivity index (χ0n) is 16.8. The number of carbonyl (C=O) groups is 2. The largest absolute Gasteiger partial charge is 0.503 e. The second-order valence-electron chi connectivity index (χ2n) is 7.20. The first-order chi connectivity index (χ1) is 15.6. The summed E-state index contributed by atoms with van der Waals surface area (Å²) in [5.41, 5.74) is 2.16. The molecule has 0 saturated carbocycles. The number of ketones is 1. The van der Waals surface area contributed by atoms with Gasteiger partial charge in [0.1, 0.15) is 11.8 Å². The average Bonchev–Trinajstić information content (AvgIpc) is 3.57. The Morgan fingerprint density at radius 3 is 2.19 bits per heavy atom. The molecule has 0 bridgehead atoms. The summed E-state index contributed by atoms with van der Waals surface area (Å²) in [6, 6.07) is 22.2. The molecule has 0 saturated heterocycles. The highest BCUT2D eigenvalue weighted by atomic mass is 16.3. The minimum atomic E-state index is -0.928. The third-order valence-corrected chi connectivity index (χ3v) is 5.22. The molecule has 1 atom stereocenters. The topological polar surface area (TPSA) is 95.9 Å². The molecular formula is C25H18N2O5. The summed E-state index contributed by atoms with van der Waals surface area (Å²) < 4.78 is 10.7. The molecule has 7 nitrogen and oxygen atoms in total. The van der Waals surface area contributed by atoms with E-state index in [-0.39, 0.29) is 11.3 Å². The lowest BCUT2D eigenvalue weighted by molar-refractivity contribution is -0.117. The van der Waals surface area contributed by atoms with E-state index in [1.807, 2.05) is 42.5 Å². The van der Waals surface area contributed by atoms with Crippen LogP contribution in [-0.2, 0) is 4.79 Å². The zero-order valence-corrected chi connectivity index (χ0v) is 16.8. The van der Waals surface area contributed by atoms with Crippen molar-refractivity contribution in [2.24, 2.45) is 0 Å². The molecular weight excluding hydrogens is 408 g/mol. The van der Waals surface area contributed by atoms with Crippen LogP contribution in [0, 0.1) is 0 Å². The van der Waals surface area contributed by atoms with Crippen molar-refractivity contribution in [1.82, 2.24) is 0 Å². The van der Waals surface area contributed by atoms with Gasteiger partial charge < -0.3 is 19.3 Å². The van der Waals surface area contributed by atoms with Crippen molar-refractivity contribution in [1.29, 1.82) is 0 Å². The van der Waals surface area contributed by atoms with Crippen molar-refractivity contribution in [2.75, 3.05) is 10.2 Å². The van der Waals surface area contributed by atoms with E-state index in [1.165, 1.54) is 23.5 Å². The predicted molar refractivity (Wildman–Crippen MR) is 118 cm³/mol. The van der Waals surface area contributed by atoms with E-state index in [1.54, 1.807) is 30.3 Å². The van der Waals surface area contributed by atoms with Gasteiger partial charge in [0.05, 0.1) is 18.1 Å². The third-order valence-electron chi connectivity index (χ3n) is 5.22. The maximum Gasteiger partial charge on any atom is 0.294 e. The Hall–Kier alpha value is -4.52. The summed E-state index contributed by atoms with van der Waals surface area (Å²) in [6.45, 7) is 0. The number of aliphatic hydroxyl groups excluding tert-OH is 1. The standard InChI is InChI=1S/C25H18N2O5/c28-23(20-9-5-15-32-20)21-22(19-8-4-14-31-19)27(25(30)24(21)29)18-12-10-17(11-13-18)26-16-6-2-1-3-7-16/h1-15,22,26,29H. The molecule has 7 heteroatoms. The van der Waals surface area contributed by atoms with Crippen LogP contribution in [0.15, 0.2) is 112 Å². The summed E-state index contributed by atoms with van der Waals surface area (Å²) in [6.07, 6.45) is 2.81. The number of nitrogens with zero attached hydrogens (tertiary/aromatic N) is 1.